The zero-order chi connectivity index (χ0) is 11.1. The molecule has 0 spiro atoms. The molecule has 1 heterocycles. The third kappa shape index (κ3) is 4.49. The highest BCUT2D eigenvalue weighted by Gasteiger charge is 2.10. The Hall–Kier alpha value is -2.38. The molecule has 0 aliphatic rings. The number of pyridine rings is 1. The highest BCUT2D eigenvalue weighted by Crippen LogP contribution is 2.01. The molecule has 1 rings (SSSR count). The molecule has 0 saturated carbocycles. The number of hydrogen-bond donors (Lipinski definition) is 2. The number of anilines is 1. The first-order valence-electron chi connectivity index (χ1n) is 3.26. The molecular weight excluding hydrogens is 194 g/mol. The number of aromatic carboxylic acids is 1. The van der Waals surface area contributed by atoms with Crippen LogP contribution >= 0.6 is 0 Å². The quantitative estimate of drug-likeness (QED) is 0.464. The SMILES string of the molecule is Nc1[nH+]cccc1C(=O)O.O=[N+]([O-])[O-]. The number of aromatic amines is 1. The Balaban J connectivity index is 0.000000364. The van der Waals surface area contributed by atoms with Crippen molar-refractivity contribution in [2.45, 2.75) is 0 Å². The summed E-state index contributed by atoms with van der Waals surface area (Å²) in [6, 6.07) is 3.02. The summed E-state index contributed by atoms with van der Waals surface area (Å²) >= 11 is 0. The van der Waals surface area contributed by atoms with Crippen molar-refractivity contribution < 1.29 is 20.0 Å². The first kappa shape index (κ1) is 11.6. The number of nitrogens with two attached hydrogens (primary N) is 1. The molecule has 0 aliphatic carbocycles. The minimum atomic E-state index is -1.75. The minimum absolute atomic E-state index is 0.0995. The summed E-state index contributed by atoms with van der Waals surface area (Å²) in [7, 11) is 0. The fourth-order valence-electron chi connectivity index (χ4n) is 0.636. The number of hydrogen-bond acceptors (Lipinski definition) is 5. The van der Waals surface area contributed by atoms with Gasteiger partial charge in [0.25, 0.3) is 5.82 Å². The summed E-state index contributed by atoms with van der Waals surface area (Å²) in [5.74, 6) is -0.843. The average molecular weight is 201 g/mol. The van der Waals surface area contributed by atoms with Gasteiger partial charge in [-0.25, -0.2) is 9.78 Å². The number of nitrogens with one attached hydrogen (secondary N) is 1. The monoisotopic (exact) mass is 201 g/mol. The fraction of sp³-hybridized carbons (Fsp3) is 0. The zero-order valence-electron chi connectivity index (χ0n) is 6.84. The Morgan fingerprint density at radius 2 is 2.07 bits per heavy atom. The van der Waals surface area contributed by atoms with Gasteiger partial charge in [-0.15, -0.1) is 0 Å². The molecule has 0 bridgehead atoms. The van der Waals surface area contributed by atoms with Crippen LogP contribution in [0.1, 0.15) is 10.4 Å². The van der Waals surface area contributed by atoms with E-state index in [0.29, 0.717) is 0 Å². The lowest BCUT2D eigenvalue weighted by Gasteiger charge is -1.90. The summed E-state index contributed by atoms with van der Waals surface area (Å²) in [5, 5.41) is 23.2. The van der Waals surface area contributed by atoms with Gasteiger partial charge < -0.3 is 20.4 Å². The van der Waals surface area contributed by atoms with E-state index < -0.39 is 11.1 Å². The lowest BCUT2D eigenvalue weighted by Crippen LogP contribution is -2.14. The molecule has 1 aromatic rings. The number of rotatable bonds is 1. The number of aromatic nitrogens is 1. The molecule has 1 aromatic heterocycles. The molecule has 8 nitrogen and oxygen atoms in total. The van der Waals surface area contributed by atoms with Gasteiger partial charge in [-0.05, 0) is 12.1 Å². The second-order valence-electron chi connectivity index (χ2n) is 2.03. The lowest BCUT2D eigenvalue weighted by molar-refractivity contribution is -0.402. The highest BCUT2D eigenvalue weighted by molar-refractivity contribution is 5.91. The van der Waals surface area contributed by atoms with Crippen molar-refractivity contribution >= 4 is 11.8 Å². The van der Waals surface area contributed by atoms with E-state index in [4.69, 9.17) is 26.2 Å². The summed E-state index contributed by atoms with van der Waals surface area (Å²) in [4.78, 5) is 21.1. The lowest BCUT2D eigenvalue weighted by atomic mass is 10.3. The van der Waals surface area contributed by atoms with Crippen LogP contribution in [0.3, 0.4) is 0 Å². The number of H-pyrrole nitrogens is 1. The van der Waals surface area contributed by atoms with E-state index >= 15 is 0 Å². The zero-order valence-corrected chi connectivity index (χ0v) is 6.84. The van der Waals surface area contributed by atoms with Crippen LogP contribution in [0.5, 0.6) is 0 Å². The molecule has 0 fully saturated rings. The van der Waals surface area contributed by atoms with E-state index in [-0.39, 0.29) is 11.4 Å². The number of carboxylic acids is 1. The largest absolute Gasteiger partial charge is 0.477 e. The van der Waals surface area contributed by atoms with Crippen LogP contribution in [0, 0.1) is 15.3 Å². The van der Waals surface area contributed by atoms with Gasteiger partial charge in [0.2, 0.25) is 0 Å². The summed E-state index contributed by atoms with van der Waals surface area (Å²) < 4.78 is 0. The van der Waals surface area contributed by atoms with E-state index in [1.165, 1.54) is 6.07 Å². The Labute approximate surface area is 77.7 Å². The summed E-state index contributed by atoms with van der Waals surface area (Å²) in [5.41, 5.74) is 5.38. The van der Waals surface area contributed by atoms with Crippen LogP contribution in [-0.4, -0.2) is 16.2 Å². The van der Waals surface area contributed by atoms with Gasteiger partial charge in [-0.1, -0.05) is 0 Å². The number of carboxylic acid groups (broad SMARTS) is 1. The van der Waals surface area contributed by atoms with Gasteiger partial charge in [0.15, 0.2) is 0 Å². The molecule has 0 unspecified atom stereocenters. The van der Waals surface area contributed by atoms with E-state index in [0.717, 1.165) is 0 Å². The molecule has 0 aromatic carbocycles. The maximum Gasteiger partial charge on any atom is 0.344 e. The van der Waals surface area contributed by atoms with Crippen LogP contribution < -0.4 is 10.7 Å². The van der Waals surface area contributed by atoms with Crippen molar-refractivity contribution in [2.24, 2.45) is 0 Å². The van der Waals surface area contributed by atoms with E-state index in [9.17, 15) is 4.79 Å². The molecule has 8 heteroatoms. The molecule has 0 aliphatic heterocycles. The van der Waals surface area contributed by atoms with Gasteiger partial charge in [0.1, 0.15) is 5.56 Å². The van der Waals surface area contributed by atoms with Crippen LogP contribution in [0.15, 0.2) is 18.3 Å². The maximum absolute atomic E-state index is 10.3. The normalized spacial score (nSPS) is 8.29. The summed E-state index contributed by atoms with van der Waals surface area (Å²) in [6.07, 6.45) is 1.57. The van der Waals surface area contributed by atoms with Crippen molar-refractivity contribution in [3.05, 3.63) is 39.2 Å². The number of carbonyl (C=O) groups is 1. The standard InChI is InChI=1S/C6H6N2O2.NO3/c7-5-4(6(9)10)2-1-3-8-5;2-1(3)4/h1-3H,(H2,7,8)(H,9,10);/q;-1/p+1. The minimum Gasteiger partial charge on any atom is -0.477 e. The van der Waals surface area contributed by atoms with Crippen LogP contribution in [0.2, 0.25) is 0 Å². The second kappa shape index (κ2) is 5.30. The molecule has 0 atom stereocenters. The molecule has 0 saturated heterocycles. The van der Waals surface area contributed by atoms with Crippen molar-refractivity contribution in [3.8, 4) is 0 Å². The van der Waals surface area contributed by atoms with Gasteiger partial charge >= 0.3 is 5.97 Å². The predicted molar refractivity (Wildman–Crippen MR) is 44.7 cm³/mol. The predicted octanol–water partition coefficient (Wildman–Crippen LogP) is -0.458. The smallest absolute Gasteiger partial charge is 0.344 e. The van der Waals surface area contributed by atoms with Crippen molar-refractivity contribution in [1.29, 1.82) is 0 Å². The van der Waals surface area contributed by atoms with E-state index in [1.54, 1.807) is 12.3 Å². The number of nitrogen functional groups attached to an aromatic ring is 1. The van der Waals surface area contributed by atoms with E-state index in [1.807, 2.05) is 0 Å². The summed E-state index contributed by atoms with van der Waals surface area (Å²) in [6.45, 7) is 0. The highest BCUT2D eigenvalue weighted by atomic mass is 16.9. The molecule has 0 amide bonds. The number of nitrogens with zero attached hydrogens (tertiary/aromatic N) is 1. The Bertz CT molecular complexity index is 336. The topological polar surface area (TPSA) is 144 Å². The van der Waals surface area contributed by atoms with Gasteiger partial charge in [-0.2, -0.15) is 0 Å². The maximum atomic E-state index is 10.3. The Morgan fingerprint density at radius 3 is 2.36 bits per heavy atom. The van der Waals surface area contributed by atoms with Gasteiger partial charge in [0, 0.05) is 0 Å². The van der Waals surface area contributed by atoms with Crippen LogP contribution in [-0.2, 0) is 0 Å². The van der Waals surface area contributed by atoms with Gasteiger partial charge in [-0.3, -0.25) is 5.73 Å². The van der Waals surface area contributed by atoms with Crippen LogP contribution in [0.25, 0.3) is 0 Å². The van der Waals surface area contributed by atoms with Gasteiger partial charge in [0.05, 0.1) is 11.3 Å². The van der Waals surface area contributed by atoms with Crippen molar-refractivity contribution in [1.82, 2.24) is 0 Å². The molecule has 76 valence electrons. The Morgan fingerprint density at radius 1 is 1.57 bits per heavy atom. The van der Waals surface area contributed by atoms with E-state index in [2.05, 4.69) is 4.98 Å². The first-order valence-corrected chi connectivity index (χ1v) is 3.26. The Kier molecular flexibility index (Phi) is 4.40. The average Bonchev–Trinajstić information content (AvgIpc) is 2.03. The van der Waals surface area contributed by atoms with Crippen molar-refractivity contribution in [3.63, 3.8) is 0 Å². The van der Waals surface area contributed by atoms with Crippen LogP contribution in [0.4, 0.5) is 5.82 Å². The second-order valence-corrected chi connectivity index (χ2v) is 2.03. The molecule has 0 radical (unpaired) electrons. The molecular formula is C6H7N3O5. The first-order chi connectivity index (χ1) is 6.45. The third-order valence-corrected chi connectivity index (χ3v) is 1.12. The molecule has 4 N–H and O–H groups in total. The third-order valence-electron chi connectivity index (χ3n) is 1.12. The fourth-order valence-corrected chi connectivity index (χ4v) is 0.636. The van der Waals surface area contributed by atoms with Crippen molar-refractivity contribution in [2.75, 3.05) is 5.73 Å². The molecule has 14 heavy (non-hydrogen) atoms.